The molecule has 2 aliphatic heterocycles. The van der Waals surface area contributed by atoms with E-state index >= 15 is 0 Å². The van der Waals surface area contributed by atoms with Gasteiger partial charge in [0.2, 0.25) is 5.90 Å². The highest BCUT2D eigenvalue weighted by Gasteiger charge is 2.55. The van der Waals surface area contributed by atoms with Gasteiger partial charge in [0.15, 0.2) is 11.6 Å². The molecular weight excluding hydrogens is 532 g/mol. The summed E-state index contributed by atoms with van der Waals surface area (Å²) in [5, 5.41) is 8.99. The summed E-state index contributed by atoms with van der Waals surface area (Å²) in [6.07, 6.45) is 2.16. The number of hydrogen-bond acceptors (Lipinski definition) is 5. The molecule has 190 valence electrons. The summed E-state index contributed by atoms with van der Waals surface area (Å²) in [7, 11) is 0. The number of aliphatic imine (C=N–C) groups is 1. The van der Waals surface area contributed by atoms with Crippen LogP contribution in [-0.4, -0.2) is 47.1 Å². The zero-order valence-corrected chi connectivity index (χ0v) is 22.1. The minimum atomic E-state index is -1.16. The van der Waals surface area contributed by atoms with Gasteiger partial charge >= 0.3 is 0 Å². The molecule has 0 unspecified atom stereocenters. The number of carbonyl (C=O) groups is 1. The molecule has 2 atom stereocenters. The minimum Gasteiger partial charge on any atom is -0.494 e. The van der Waals surface area contributed by atoms with Crippen LogP contribution in [0.3, 0.4) is 0 Å². The van der Waals surface area contributed by atoms with Crippen LogP contribution in [0.1, 0.15) is 34.8 Å². The van der Waals surface area contributed by atoms with Crippen LogP contribution in [0.25, 0.3) is 0 Å². The second-order valence-electron chi connectivity index (χ2n) is 9.26. The lowest BCUT2D eigenvalue weighted by atomic mass is 9.82. The topological polar surface area (TPSA) is 71.4 Å². The van der Waals surface area contributed by atoms with Gasteiger partial charge in [0.1, 0.15) is 5.75 Å². The van der Waals surface area contributed by atoms with Crippen molar-refractivity contribution in [3.05, 3.63) is 112 Å². The Morgan fingerprint density at radius 1 is 1.11 bits per heavy atom. The maximum atomic E-state index is 14.3. The maximum absolute atomic E-state index is 14.3. The standard InChI is InChI=1S/C30H29BrN2O4/c1-2-16-33-20-24-7-4-3-6-23(24)19-30(29(33)35)27(21-8-12-25(31)13-9-21)37-28(32-30)22-10-14-26(15-11-22)36-18-5-17-34/h2-4,6-15,27,34H,1,5,16-20H2/t27-,30-/m1/s1. The summed E-state index contributed by atoms with van der Waals surface area (Å²) in [4.78, 5) is 21.2. The van der Waals surface area contributed by atoms with Gasteiger partial charge in [0, 0.05) is 42.6 Å². The summed E-state index contributed by atoms with van der Waals surface area (Å²) < 4.78 is 13.2. The molecule has 0 bridgehead atoms. The number of ether oxygens (including phenoxy) is 2. The lowest BCUT2D eigenvalue weighted by Gasteiger charge is -2.33. The second-order valence-corrected chi connectivity index (χ2v) is 10.2. The van der Waals surface area contributed by atoms with E-state index in [0.29, 0.717) is 44.2 Å². The normalized spacial score (nSPS) is 20.7. The van der Waals surface area contributed by atoms with Crippen molar-refractivity contribution in [2.24, 2.45) is 4.99 Å². The van der Waals surface area contributed by atoms with Crippen LogP contribution >= 0.6 is 15.9 Å². The van der Waals surface area contributed by atoms with E-state index in [1.807, 2.05) is 65.6 Å². The predicted molar refractivity (Wildman–Crippen MR) is 147 cm³/mol. The average molecular weight is 561 g/mol. The number of fused-ring (bicyclic) bond motifs is 1. The number of aliphatic hydroxyl groups excluding tert-OH is 1. The Labute approximate surface area is 225 Å². The molecule has 5 rings (SSSR count). The van der Waals surface area contributed by atoms with E-state index in [-0.39, 0.29) is 12.5 Å². The average Bonchev–Trinajstić information content (AvgIpc) is 3.25. The molecule has 1 amide bonds. The Hall–Kier alpha value is -3.42. The van der Waals surface area contributed by atoms with Crippen LogP contribution in [0, 0.1) is 0 Å². The predicted octanol–water partition coefficient (Wildman–Crippen LogP) is 5.24. The van der Waals surface area contributed by atoms with Gasteiger partial charge in [-0.05, 0) is 53.1 Å². The Morgan fingerprint density at radius 3 is 2.54 bits per heavy atom. The van der Waals surface area contributed by atoms with Crippen molar-refractivity contribution in [3.8, 4) is 5.75 Å². The molecule has 2 heterocycles. The number of rotatable bonds is 8. The summed E-state index contributed by atoms with van der Waals surface area (Å²) in [5.41, 5.74) is 2.70. The van der Waals surface area contributed by atoms with Gasteiger partial charge in [-0.3, -0.25) is 4.79 Å². The Bertz CT molecular complexity index is 1310. The summed E-state index contributed by atoms with van der Waals surface area (Å²) in [6, 6.07) is 23.5. The van der Waals surface area contributed by atoms with Gasteiger partial charge in [0.05, 0.1) is 6.61 Å². The first kappa shape index (κ1) is 25.2. The molecule has 7 heteroatoms. The molecule has 0 radical (unpaired) electrons. The van der Waals surface area contributed by atoms with Gasteiger partial charge in [0.25, 0.3) is 5.91 Å². The molecule has 0 aliphatic carbocycles. The summed E-state index contributed by atoms with van der Waals surface area (Å²) in [6.45, 7) is 5.33. The number of nitrogens with zero attached hydrogens (tertiary/aromatic N) is 2. The first-order valence-corrected chi connectivity index (χ1v) is 13.2. The van der Waals surface area contributed by atoms with Crippen molar-refractivity contribution in [1.82, 2.24) is 4.90 Å². The van der Waals surface area contributed by atoms with Crippen molar-refractivity contribution in [1.29, 1.82) is 0 Å². The minimum absolute atomic E-state index is 0.0736. The molecule has 0 saturated carbocycles. The van der Waals surface area contributed by atoms with E-state index in [1.54, 1.807) is 6.08 Å². The summed E-state index contributed by atoms with van der Waals surface area (Å²) in [5.74, 6) is 1.06. The highest BCUT2D eigenvalue weighted by molar-refractivity contribution is 9.10. The van der Waals surface area contributed by atoms with Crippen LogP contribution < -0.4 is 4.74 Å². The fourth-order valence-corrected chi connectivity index (χ4v) is 5.20. The summed E-state index contributed by atoms with van der Waals surface area (Å²) >= 11 is 3.51. The Kier molecular flexibility index (Phi) is 7.44. The number of benzene rings is 3. The largest absolute Gasteiger partial charge is 0.494 e. The second kappa shape index (κ2) is 10.9. The van der Waals surface area contributed by atoms with E-state index in [2.05, 4.69) is 34.6 Å². The fraction of sp³-hybridized carbons (Fsp3) is 0.267. The van der Waals surface area contributed by atoms with Crippen LogP contribution in [0.4, 0.5) is 0 Å². The molecular formula is C30H29BrN2O4. The van der Waals surface area contributed by atoms with Crippen molar-refractivity contribution < 1.29 is 19.4 Å². The van der Waals surface area contributed by atoms with Gasteiger partial charge in [-0.25, -0.2) is 4.99 Å². The molecule has 0 saturated heterocycles. The number of amides is 1. The lowest BCUT2D eigenvalue weighted by Crippen LogP contribution is -2.50. The number of hydrogen-bond donors (Lipinski definition) is 1. The highest BCUT2D eigenvalue weighted by Crippen LogP contribution is 2.45. The van der Waals surface area contributed by atoms with Gasteiger partial charge in [-0.2, -0.15) is 0 Å². The molecule has 37 heavy (non-hydrogen) atoms. The number of aliphatic hydroxyl groups is 1. The van der Waals surface area contributed by atoms with Gasteiger partial charge < -0.3 is 19.5 Å². The van der Waals surface area contributed by atoms with Crippen molar-refractivity contribution in [2.75, 3.05) is 19.8 Å². The van der Waals surface area contributed by atoms with Crippen molar-refractivity contribution >= 4 is 27.7 Å². The third-order valence-corrected chi connectivity index (χ3v) is 7.28. The van der Waals surface area contributed by atoms with E-state index < -0.39 is 11.6 Å². The van der Waals surface area contributed by atoms with Crippen LogP contribution in [0.2, 0.25) is 0 Å². The number of halogens is 1. The third kappa shape index (κ3) is 5.06. The molecule has 0 fully saturated rings. The monoisotopic (exact) mass is 560 g/mol. The quantitative estimate of drug-likeness (QED) is 0.302. The first-order valence-electron chi connectivity index (χ1n) is 12.4. The molecule has 6 nitrogen and oxygen atoms in total. The van der Waals surface area contributed by atoms with Gasteiger partial charge in [-0.1, -0.05) is 58.4 Å². The molecule has 2 aliphatic rings. The van der Waals surface area contributed by atoms with Crippen LogP contribution in [0.5, 0.6) is 5.75 Å². The molecule has 0 aromatic heterocycles. The van der Waals surface area contributed by atoms with Crippen molar-refractivity contribution in [3.63, 3.8) is 0 Å². The highest BCUT2D eigenvalue weighted by atomic mass is 79.9. The number of carbonyl (C=O) groups excluding carboxylic acids is 1. The first-order chi connectivity index (χ1) is 18.0. The van der Waals surface area contributed by atoms with E-state index in [1.165, 1.54) is 0 Å². The maximum Gasteiger partial charge on any atom is 0.255 e. The molecule has 3 aromatic rings. The fourth-order valence-electron chi connectivity index (χ4n) is 4.93. The SMILES string of the molecule is C=CCN1Cc2ccccc2C[C@]2(N=C(c3ccc(OCCCO)cc3)O[C@@H]2c2ccc(Br)cc2)C1=O. The van der Waals surface area contributed by atoms with Gasteiger partial charge in [-0.15, -0.1) is 6.58 Å². The molecule has 1 N–H and O–H groups in total. The third-order valence-electron chi connectivity index (χ3n) is 6.76. The molecule has 1 spiro atoms. The zero-order chi connectivity index (χ0) is 25.8. The van der Waals surface area contributed by atoms with Crippen molar-refractivity contribution in [2.45, 2.75) is 31.0 Å². The smallest absolute Gasteiger partial charge is 0.255 e. The zero-order valence-electron chi connectivity index (χ0n) is 20.5. The lowest BCUT2D eigenvalue weighted by molar-refractivity contribution is -0.139. The molecule has 3 aromatic carbocycles. The van der Waals surface area contributed by atoms with E-state index in [0.717, 1.165) is 26.7 Å². The van der Waals surface area contributed by atoms with Crippen LogP contribution in [0.15, 0.2) is 94.9 Å². The van der Waals surface area contributed by atoms with E-state index in [9.17, 15) is 4.79 Å². The van der Waals surface area contributed by atoms with E-state index in [4.69, 9.17) is 19.6 Å². The Morgan fingerprint density at radius 2 is 1.84 bits per heavy atom. The van der Waals surface area contributed by atoms with Crippen LogP contribution in [-0.2, 0) is 22.5 Å². The Balaban J connectivity index is 1.59.